The number of halogens is 2. The molecule has 0 unspecified atom stereocenters. The molecule has 0 saturated heterocycles. The van der Waals surface area contributed by atoms with Crippen molar-refractivity contribution >= 4 is 5.91 Å². The van der Waals surface area contributed by atoms with Crippen LogP contribution in [0.15, 0.2) is 42.5 Å². The van der Waals surface area contributed by atoms with E-state index in [0.29, 0.717) is 18.4 Å². The van der Waals surface area contributed by atoms with Gasteiger partial charge in [0.15, 0.2) is 0 Å². The first-order valence-electron chi connectivity index (χ1n) is 7.81. The van der Waals surface area contributed by atoms with Gasteiger partial charge in [-0.2, -0.15) is 8.78 Å². The maximum atomic E-state index is 12.4. The maximum Gasteiger partial charge on any atom is 0.387 e. The Labute approximate surface area is 140 Å². The smallest absolute Gasteiger partial charge is 0.387 e. The second-order valence-electron chi connectivity index (χ2n) is 5.69. The number of aryl methyl sites for hydroxylation is 3. The molecule has 2 rings (SSSR count). The van der Waals surface area contributed by atoms with Crippen molar-refractivity contribution in [2.75, 3.05) is 0 Å². The number of nitrogens with one attached hydrogen (secondary N) is 1. The zero-order chi connectivity index (χ0) is 17.5. The van der Waals surface area contributed by atoms with Crippen molar-refractivity contribution in [3.8, 4) is 5.75 Å². The molecule has 1 N–H and O–H groups in total. The molecule has 0 fully saturated rings. The van der Waals surface area contributed by atoms with E-state index in [-0.39, 0.29) is 18.2 Å². The summed E-state index contributed by atoms with van der Waals surface area (Å²) in [5.41, 5.74) is 4.02. The van der Waals surface area contributed by atoms with E-state index in [4.69, 9.17) is 0 Å². The molecule has 0 aliphatic carbocycles. The van der Waals surface area contributed by atoms with Crippen molar-refractivity contribution in [2.45, 2.75) is 39.8 Å². The van der Waals surface area contributed by atoms with E-state index in [0.717, 1.165) is 5.56 Å². The SMILES string of the molecule is Cc1ccc(CCC(=O)NCc2ccccc2OC(F)F)c(C)c1. The minimum absolute atomic E-state index is 0.0854. The number of rotatable bonds is 7. The standard InChI is InChI=1S/C19H21F2NO2/c1-13-7-8-15(14(2)11-13)9-10-18(23)22-12-16-5-3-4-6-17(16)24-19(20)21/h3-8,11,19H,9-10,12H2,1-2H3,(H,22,23). The van der Waals surface area contributed by atoms with Gasteiger partial charge in [0, 0.05) is 18.5 Å². The molecular weight excluding hydrogens is 312 g/mol. The Balaban J connectivity index is 1.87. The molecule has 5 heteroatoms. The molecule has 0 bridgehead atoms. The molecule has 0 aliphatic rings. The number of ether oxygens (including phenoxy) is 1. The van der Waals surface area contributed by atoms with Crippen LogP contribution in [-0.2, 0) is 17.8 Å². The Morgan fingerprint density at radius 3 is 2.58 bits per heavy atom. The van der Waals surface area contributed by atoms with E-state index < -0.39 is 6.61 Å². The van der Waals surface area contributed by atoms with Crippen LogP contribution in [0.25, 0.3) is 0 Å². The fourth-order valence-corrected chi connectivity index (χ4v) is 2.52. The first-order valence-corrected chi connectivity index (χ1v) is 7.81. The molecule has 0 radical (unpaired) electrons. The second-order valence-corrected chi connectivity index (χ2v) is 5.69. The first kappa shape index (κ1) is 17.9. The fraction of sp³-hybridized carbons (Fsp3) is 0.316. The Morgan fingerprint density at radius 1 is 1.12 bits per heavy atom. The zero-order valence-electron chi connectivity index (χ0n) is 13.8. The zero-order valence-corrected chi connectivity index (χ0v) is 13.8. The van der Waals surface area contributed by atoms with E-state index in [9.17, 15) is 13.6 Å². The molecular formula is C19H21F2NO2. The summed E-state index contributed by atoms with van der Waals surface area (Å²) in [7, 11) is 0. The van der Waals surface area contributed by atoms with Gasteiger partial charge in [-0.1, -0.05) is 42.0 Å². The maximum absolute atomic E-state index is 12.4. The van der Waals surface area contributed by atoms with Gasteiger partial charge in [0.05, 0.1) is 0 Å². The predicted molar refractivity (Wildman–Crippen MR) is 89.2 cm³/mol. The number of hydrogen-bond acceptors (Lipinski definition) is 2. The normalized spacial score (nSPS) is 10.7. The van der Waals surface area contributed by atoms with Crippen molar-refractivity contribution in [3.05, 3.63) is 64.7 Å². The number of benzene rings is 2. The highest BCUT2D eigenvalue weighted by Crippen LogP contribution is 2.20. The van der Waals surface area contributed by atoms with Gasteiger partial charge < -0.3 is 10.1 Å². The van der Waals surface area contributed by atoms with E-state index >= 15 is 0 Å². The molecule has 0 aromatic heterocycles. The monoisotopic (exact) mass is 333 g/mol. The van der Waals surface area contributed by atoms with Crippen molar-refractivity contribution in [1.29, 1.82) is 0 Å². The molecule has 24 heavy (non-hydrogen) atoms. The average Bonchev–Trinajstić information content (AvgIpc) is 2.52. The van der Waals surface area contributed by atoms with Crippen molar-refractivity contribution in [1.82, 2.24) is 5.32 Å². The highest BCUT2D eigenvalue weighted by Gasteiger charge is 2.10. The van der Waals surface area contributed by atoms with E-state index in [2.05, 4.69) is 16.1 Å². The van der Waals surface area contributed by atoms with Gasteiger partial charge in [0.1, 0.15) is 5.75 Å². The summed E-state index contributed by atoms with van der Waals surface area (Å²) < 4.78 is 29.2. The number of para-hydroxylation sites is 1. The van der Waals surface area contributed by atoms with E-state index in [1.807, 2.05) is 26.0 Å². The molecule has 2 aromatic rings. The van der Waals surface area contributed by atoms with Crippen LogP contribution in [0.2, 0.25) is 0 Å². The first-order chi connectivity index (χ1) is 11.5. The summed E-state index contributed by atoms with van der Waals surface area (Å²) in [6.45, 7) is 1.33. The number of hydrogen-bond donors (Lipinski definition) is 1. The Kier molecular flexibility index (Phi) is 6.29. The molecule has 2 aromatic carbocycles. The van der Waals surface area contributed by atoms with Gasteiger partial charge in [-0.3, -0.25) is 4.79 Å². The highest BCUT2D eigenvalue weighted by molar-refractivity contribution is 5.76. The Morgan fingerprint density at radius 2 is 1.88 bits per heavy atom. The lowest BCUT2D eigenvalue weighted by atomic mass is 10.0. The van der Waals surface area contributed by atoms with Gasteiger partial charge in [-0.25, -0.2) is 0 Å². The summed E-state index contributed by atoms with van der Waals surface area (Å²) >= 11 is 0. The van der Waals surface area contributed by atoms with Crippen LogP contribution >= 0.6 is 0 Å². The average molecular weight is 333 g/mol. The van der Waals surface area contributed by atoms with E-state index in [1.54, 1.807) is 18.2 Å². The topological polar surface area (TPSA) is 38.3 Å². The minimum atomic E-state index is -2.88. The van der Waals surface area contributed by atoms with Gasteiger partial charge in [-0.15, -0.1) is 0 Å². The lowest BCUT2D eigenvalue weighted by Crippen LogP contribution is -2.23. The van der Waals surface area contributed by atoms with Gasteiger partial charge in [0.25, 0.3) is 0 Å². The fourth-order valence-electron chi connectivity index (χ4n) is 2.52. The summed E-state index contributed by atoms with van der Waals surface area (Å²) in [5, 5.41) is 2.75. The molecule has 0 heterocycles. The van der Waals surface area contributed by atoms with Crippen molar-refractivity contribution in [3.63, 3.8) is 0 Å². The summed E-state index contributed by atoms with van der Waals surface area (Å²) in [5.74, 6) is -0.0380. The number of carbonyl (C=O) groups is 1. The van der Waals surface area contributed by atoms with Crippen LogP contribution < -0.4 is 10.1 Å². The molecule has 0 spiro atoms. The minimum Gasteiger partial charge on any atom is -0.434 e. The Bertz CT molecular complexity index is 702. The molecule has 0 saturated carbocycles. The highest BCUT2D eigenvalue weighted by atomic mass is 19.3. The third-order valence-electron chi connectivity index (χ3n) is 3.78. The van der Waals surface area contributed by atoms with Crippen LogP contribution in [0.5, 0.6) is 5.75 Å². The van der Waals surface area contributed by atoms with Crippen LogP contribution in [0.3, 0.4) is 0 Å². The van der Waals surface area contributed by atoms with Crippen LogP contribution in [0.4, 0.5) is 8.78 Å². The van der Waals surface area contributed by atoms with Gasteiger partial charge in [-0.05, 0) is 37.5 Å². The largest absolute Gasteiger partial charge is 0.434 e. The predicted octanol–water partition coefficient (Wildman–Crippen LogP) is 4.15. The number of amides is 1. The van der Waals surface area contributed by atoms with E-state index in [1.165, 1.54) is 17.2 Å². The Hall–Kier alpha value is -2.43. The van der Waals surface area contributed by atoms with Crippen LogP contribution in [0.1, 0.15) is 28.7 Å². The second kappa shape index (κ2) is 8.43. The third-order valence-corrected chi connectivity index (χ3v) is 3.78. The lowest BCUT2D eigenvalue weighted by molar-refractivity contribution is -0.121. The lowest BCUT2D eigenvalue weighted by Gasteiger charge is -2.12. The number of carbonyl (C=O) groups excluding carboxylic acids is 1. The molecule has 3 nitrogen and oxygen atoms in total. The third kappa shape index (κ3) is 5.33. The molecule has 128 valence electrons. The van der Waals surface area contributed by atoms with Gasteiger partial charge in [0.2, 0.25) is 5.91 Å². The quantitative estimate of drug-likeness (QED) is 0.826. The van der Waals surface area contributed by atoms with Crippen molar-refractivity contribution < 1.29 is 18.3 Å². The summed E-state index contributed by atoms with van der Waals surface area (Å²) in [6.07, 6.45) is 0.995. The summed E-state index contributed by atoms with van der Waals surface area (Å²) in [4.78, 5) is 12.0. The number of alkyl halides is 2. The van der Waals surface area contributed by atoms with Crippen LogP contribution in [-0.4, -0.2) is 12.5 Å². The van der Waals surface area contributed by atoms with Gasteiger partial charge >= 0.3 is 6.61 Å². The summed E-state index contributed by atoms with van der Waals surface area (Å²) in [6, 6.07) is 12.6. The van der Waals surface area contributed by atoms with Crippen molar-refractivity contribution in [2.24, 2.45) is 0 Å². The van der Waals surface area contributed by atoms with Crippen LogP contribution in [0, 0.1) is 13.8 Å². The molecule has 0 atom stereocenters. The molecule has 0 aliphatic heterocycles. The molecule has 1 amide bonds.